The first kappa shape index (κ1) is 15.9. The number of nitrogens with one attached hydrogen (secondary N) is 1. The summed E-state index contributed by atoms with van der Waals surface area (Å²) < 4.78 is 0.416. The molecule has 0 radical (unpaired) electrons. The van der Waals surface area contributed by atoms with Gasteiger partial charge in [0.05, 0.1) is 6.42 Å². The highest BCUT2D eigenvalue weighted by atomic mass is 32.2. The largest absolute Gasteiger partial charge is 0.481 e. The Morgan fingerprint density at radius 3 is 2.70 bits per heavy atom. The molecule has 0 amide bonds. The Balaban J connectivity index is 1.79. The first-order valence-corrected chi connectivity index (χ1v) is 9.23. The molecule has 5 heteroatoms. The number of carboxylic acid groups (broad SMARTS) is 1. The third kappa shape index (κ3) is 4.50. The smallest absolute Gasteiger partial charge is 0.308 e. The number of carboxylic acids is 1. The van der Waals surface area contributed by atoms with Crippen LogP contribution in [0, 0.1) is 0 Å². The summed E-state index contributed by atoms with van der Waals surface area (Å²) in [6.45, 7) is 1.91. The minimum Gasteiger partial charge on any atom is -0.481 e. The Bertz CT molecular complexity index is 439. The first-order chi connectivity index (χ1) is 9.63. The van der Waals surface area contributed by atoms with Crippen molar-refractivity contribution in [3.63, 3.8) is 0 Å². The molecule has 20 heavy (non-hydrogen) atoms. The summed E-state index contributed by atoms with van der Waals surface area (Å²) in [5.74, 6) is -0.755. The molecule has 2 rings (SSSR count). The molecule has 0 aliphatic heterocycles. The third-order valence-corrected chi connectivity index (χ3v) is 6.49. The van der Waals surface area contributed by atoms with Crippen LogP contribution >= 0.6 is 23.1 Å². The second-order valence-electron chi connectivity index (χ2n) is 5.49. The lowest BCUT2D eigenvalue weighted by molar-refractivity contribution is -0.136. The quantitative estimate of drug-likeness (QED) is 0.808. The van der Waals surface area contributed by atoms with Crippen molar-refractivity contribution < 1.29 is 9.90 Å². The van der Waals surface area contributed by atoms with Gasteiger partial charge < -0.3 is 10.4 Å². The highest BCUT2D eigenvalue weighted by Gasteiger charge is 2.30. The second-order valence-corrected chi connectivity index (χ2v) is 8.02. The van der Waals surface area contributed by atoms with Crippen molar-refractivity contribution in [2.45, 2.75) is 49.8 Å². The van der Waals surface area contributed by atoms with Crippen molar-refractivity contribution in [3.8, 4) is 0 Å². The van der Waals surface area contributed by atoms with Crippen molar-refractivity contribution in [3.05, 3.63) is 21.9 Å². The number of aliphatic carboxylic acids is 1. The minimum absolute atomic E-state index is 0.138. The SMILES string of the molecule is CSC1(CNCc2ccc(CC(=O)O)s2)CCCCC1. The van der Waals surface area contributed by atoms with Crippen LogP contribution in [0.5, 0.6) is 0 Å². The van der Waals surface area contributed by atoms with E-state index >= 15 is 0 Å². The molecule has 1 aromatic heterocycles. The van der Waals surface area contributed by atoms with Gasteiger partial charge in [-0.3, -0.25) is 4.79 Å². The maximum Gasteiger partial charge on any atom is 0.308 e. The van der Waals surface area contributed by atoms with Crippen LogP contribution in [0.25, 0.3) is 0 Å². The molecule has 1 aliphatic rings. The second kappa shape index (κ2) is 7.48. The fourth-order valence-electron chi connectivity index (χ4n) is 2.82. The lowest BCUT2D eigenvalue weighted by atomic mass is 9.88. The molecule has 0 atom stereocenters. The molecular weight excluding hydrogens is 290 g/mol. The van der Waals surface area contributed by atoms with Crippen molar-refractivity contribution in [2.75, 3.05) is 12.8 Å². The van der Waals surface area contributed by atoms with Gasteiger partial charge in [0.25, 0.3) is 0 Å². The molecule has 1 saturated carbocycles. The highest BCUT2D eigenvalue weighted by Crippen LogP contribution is 2.38. The van der Waals surface area contributed by atoms with Gasteiger partial charge >= 0.3 is 5.97 Å². The topological polar surface area (TPSA) is 49.3 Å². The molecule has 0 bridgehead atoms. The van der Waals surface area contributed by atoms with Gasteiger partial charge in [0.15, 0.2) is 0 Å². The normalized spacial score (nSPS) is 18.1. The Kier molecular flexibility index (Phi) is 5.93. The zero-order valence-electron chi connectivity index (χ0n) is 12.0. The van der Waals surface area contributed by atoms with Gasteiger partial charge in [-0.2, -0.15) is 11.8 Å². The van der Waals surface area contributed by atoms with E-state index in [-0.39, 0.29) is 6.42 Å². The van der Waals surface area contributed by atoms with Crippen LogP contribution in [-0.4, -0.2) is 28.6 Å². The maximum absolute atomic E-state index is 10.7. The van der Waals surface area contributed by atoms with E-state index in [1.807, 2.05) is 23.9 Å². The molecule has 2 N–H and O–H groups in total. The number of thiophene rings is 1. The van der Waals surface area contributed by atoms with Crippen molar-refractivity contribution in [2.24, 2.45) is 0 Å². The molecule has 0 aromatic carbocycles. The molecule has 1 fully saturated rings. The van der Waals surface area contributed by atoms with E-state index in [1.165, 1.54) is 37.0 Å². The first-order valence-electron chi connectivity index (χ1n) is 7.19. The van der Waals surface area contributed by atoms with Crippen LogP contribution < -0.4 is 5.32 Å². The standard InChI is InChI=1S/C15H23NO2S2/c1-19-15(7-3-2-4-8-15)11-16-10-13-6-5-12(20-13)9-14(17)18/h5-6,16H,2-4,7-11H2,1H3,(H,17,18). The van der Waals surface area contributed by atoms with Gasteiger partial charge in [-0.1, -0.05) is 19.3 Å². The molecule has 0 spiro atoms. The van der Waals surface area contributed by atoms with Gasteiger partial charge in [-0.15, -0.1) is 11.3 Å². The summed E-state index contributed by atoms with van der Waals surface area (Å²) in [5.41, 5.74) is 0. The Morgan fingerprint density at radius 2 is 2.05 bits per heavy atom. The molecule has 1 aliphatic carbocycles. The molecule has 112 valence electrons. The molecule has 3 nitrogen and oxygen atoms in total. The molecule has 1 heterocycles. The van der Waals surface area contributed by atoms with E-state index in [9.17, 15) is 4.79 Å². The lowest BCUT2D eigenvalue weighted by Crippen LogP contribution is -2.38. The maximum atomic E-state index is 10.7. The highest BCUT2D eigenvalue weighted by molar-refractivity contribution is 8.00. The van der Waals surface area contributed by atoms with Crippen LogP contribution in [0.4, 0.5) is 0 Å². The average molecular weight is 313 g/mol. The number of hydrogen-bond donors (Lipinski definition) is 2. The van der Waals surface area contributed by atoms with Crippen LogP contribution in [0.15, 0.2) is 12.1 Å². The molecule has 0 unspecified atom stereocenters. The van der Waals surface area contributed by atoms with Crippen LogP contribution in [0.3, 0.4) is 0 Å². The fraction of sp³-hybridized carbons (Fsp3) is 0.667. The fourth-order valence-corrected chi connectivity index (χ4v) is 4.75. The zero-order valence-corrected chi connectivity index (χ0v) is 13.6. The van der Waals surface area contributed by atoms with E-state index in [2.05, 4.69) is 11.6 Å². The predicted octanol–water partition coefficient (Wildman–Crippen LogP) is 3.53. The zero-order chi connectivity index (χ0) is 14.4. The van der Waals surface area contributed by atoms with Crippen molar-refractivity contribution in [1.82, 2.24) is 5.32 Å². The van der Waals surface area contributed by atoms with Crippen molar-refractivity contribution in [1.29, 1.82) is 0 Å². The van der Waals surface area contributed by atoms with E-state index < -0.39 is 5.97 Å². The summed E-state index contributed by atoms with van der Waals surface area (Å²) in [7, 11) is 0. The summed E-state index contributed by atoms with van der Waals surface area (Å²) in [6.07, 6.45) is 9.08. The Morgan fingerprint density at radius 1 is 1.35 bits per heavy atom. The minimum atomic E-state index is -0.755. The van der Waals surface area contributed by atoms with Crippen LogP contribution in [-0.2, 0) is 17.8 Å². The van der Waals surface area contributed by atoms with E-state index in [1.54, 1.807) is 11.3 Å². The van der Waals surface area contributed by atoms with E-state index in [0.29, 0.717) is 4.75 Å². The van der Waals surface area contributed by atoms with Gasteiger partial charge in [-0.05, 0) is 31.2 Å². The summed E-state index contributed by atoms with van der Waals surface area (Å²) >= 11 is 3.61. The predicted molar refractivity (Wildman–Crippen MR) is 86.7 cm³/mol. The molecule has 0 saturated heterocycles. The van der Waals surface area contributed by atoms with E-state index in [0.717, 1.165) is 18.0 Å². The van der Waals surface area contributed by atoms with Crippen molar-refractivity contribution >= 4 is 29.1 Å². The van der Waals surface area contributed by atoms with Gasteiger partial charge in [0.2, 0.25) is 0 Å². The lowest BCUT2D eigenvalue weighted by Gasteiger charge is -2.36. The number of thioether (sulfide) groups is 1. The van der Waals surface area contributed by atoms with Crippen LogP contribution in [0.2, 0.25) is 0 Å². The Labute approximate surface area is 129 Å². The summed E-state index contributed by atoms with van der Waals surface area (Å²) in [4.78, 5) is 12.8. The summed E-state index contributed by atoms with van der Waals surface area (Å²) in [5, 5.41) is 12.3. The van der Waals surface area contributed by atoms with Gasteiger partial charge in [0, 0.05) is 27.6 Å². The van der Waals surface area contributed by atoms with Gasteiger partial charge in [-0.25, -0.2) is 0 Å². The monoisotopic (exact) mass is 313 g/mol. The molecule has 1 aromatic rings. The van der Waals surface area contributed by atoms with E-state index in [4.69, 9.17) is 5.11 Å². The van der Waals surface area contributed by atoms with Gasteiger partial charge in [0.1, 0.15) is 0 Å². The van der Waals surface area contributed by atoms with Crippen LogP contribution in [0.1, 0.15) is 41.9 Å². The number of hydrogen-bond acceptors (Lipinski definition) is 4. The third-order valence-electron chi connectivity index (χ3n) is 3.99. The summed E-state index contributed by atoms with van der Waals surface area (Å²) in [6, 6.07) is 3.98. The number of carbonyl (C=O) groups is 1. The Hall–Kier alpha value is -0.520. The molecular formula is C15H23NO2S2. The number of rotatable bonds is 7. The average Bonchev–Trinajstić information content (AvgIpc) is 2.86.